The van der Waals surface area contributed by atoms with Crippen LogP contribution in [0.4, 0.5) is 0 Å². The van der Waals surface area contributed by atoms with Gasteiger partial charge in [-0.3, -0.25) is 0 Å². The van der Waals surface area contributed by atoms with Gasteiger partial charge in [0.25, 0.3) is 0 Å². The zero-order chi connectivity index (χ0) is 12.5. The Morgan fingerprint density at radius 2 is 2.18 bits per heavy atom. The number of unbranched alkanes of at least 4 members (excludes halogenated alkanes) is 2. The van der Waals surface area contributed by atoms with Crippen LogP contribution in [0.15, 0.2) is 0 Å². The topological polar surface area (TPSA) is 24.5 Å². The van der Waals surface area contributed by atoms with Gasteiger partial charge in [0, 0.05) is 39.4 Å². The van der Waals surface area contributed by atoms with Crippen molar-refractivity contribution in [2.24, 2.45) is 5.92 Å². The number of nitrogens with zero attached hydrogens (tertiary/aromatic N) is 1. The van der Waals surface area contributed by atoms with Crippen molar-refractivity contribution in [3.63, 3.8) is 0 Å². The number of rotatable bonds is 8. The summed E-state index contributed by atoms with van der Waals surface area (Å²) < 4.78 is 5.07. The molecule has 1 heterocycles. The minimum absolute atomic E-state index is 0.702. The molecule has 0 aliphatic carbocycles. The van der Waals surface area contributed by atoms with Crippen LogP contribution in [0.3, 0.4) is 0 Å². The number of hydrogen-bond acceptors (Lipinski definition) is 3. The number of ether oxygens (including phenoxy) is 1. The fourth-order valence-electron chi connectivity index (χ4n) is 2.47. The lowest BCUT2D eigenvalue weighted by molar-refractivity contribution is 0.161. The van der Waals surface area contributed by atoms with Gasteiger partial charge in [-0.15, -0.1) is 0 Å². The van der Waals surface area contributed by atoms with Gasteiger partial charge < -0.3 is 15.0 Å². The van der Waals surface area contributed by atoms with Gasteiger partial charge in [-0.2, -0.15) is 0 Å². The molecule has 1 aliphatic heterocycles. The quantitative estimate of drug-likeness (QED) is 0.660. The smallest absolute Gasteiger partial charge is 0.0462 e. The van der Waals surface area contributed by atoms with Crippen molar-refractivity contribution in [3.8, 4) is 0 Å². The summed E-state index contributed by atoms with van der Waals surface area (Å²) in [5, 5.41) is 3.65. The fourth-order valence-corrected chi connectivity index (χ4v) is 2.47. The Kier molecular flexibility index (Phi) is 7.82. The zero-order valence-electron chi connectivity index (χ0n) is 11.9. The summed E-state index contributed by atoms with van der Waals surface area (Å²) in [5.74, 6) is 0.797. The summed E-state index contributed by atoms with van der Waals surface area (Å²) in [6.07, 6.45) is 5.10. The molecule has 3 nitrogen and oxygen atoms in total. The van der Waals surface area contributed by atoms with Gasteiger partial charge in [0.05, 0.1) is 0 Å². The third-order valence-corrected chi connectivity index (χ3v) is 3.94. The Bertz CT molecular complexity index is 187. The number of nitrogens with one attached hydrogen (secondary N) is 1. The van der Waals surface area contributed by atoms with Crippen molar-refractivity contribution in [2.75, 3.05) is 39.9 Å². The number of piperazine rings is 1. The van der Waals surface area contributed by atoms with Crippen molar-refractivity contribution < 1.29 is 4.74 Å². The van der Waals surface area contributed by atoms with Crippen molar-refractivity contribution in [3.05, 3.63) is 0 Å². The van der Waals surface area contributed by atoms with Crippen molar-refractivity contribution in [1.29, 1.82) is 0 Å². The average molecular weight is 242 g/mol. The van der Waals surface area contributed by atoms with E-state index in [0.717, 1.165) is 19.1 Å². The first kappa shape index (κ1) is 14.9. The molecule has 0 bridgehead atoms. The van der Waals surface area contributed by atoms with E-state index < -0.39 is 0 Å². The molecule has 1 rings (SSSR count). The van der Waals surface area contributed by atoms with E-state index in [0.29, 0.717) is 6.04 Å². The van der Waals surface area contributed by atoms with E-state index in [4.69, 9.17) is 4.74 Å². The molecular formula is C14H30N2O. The van der Waals surface area contributed by atoms with Crippen molar-refractivity contribution in [2.45, 2.75) is 45.6 Å². The molecule has 2 atom stereocenters. The molecule has 1 aliphatic rings. The standard InChI is InChI=1S/C14H30N2O/c1-4-13(2)14-12-16(10-8-15-14)9-6-5-7-11-17-3/h13-15H,4-12H2,1-3H3. The first-order valence-electron chi connectivity index (χ1n) is 7.22. The fraction of sp³-hybridized carbons (Fsp3) is 1.00. The molecule has 1 saturated heterocycles. The number of methoxy groups -OCH3 is 1. The van der Waals surface area contributed by atoms with E-state index in [1.807, 2.05) is 0 Å². The van der Waals surface area contributed by atoms with Crippen LogP contribution in [0.5, 0.6) is 0 Å². The second-order valence-electron chi connectivity index (χ2n) is 5.30. The Balaban J connectivity index is 2.12. The van der Waals surface area contributed by atoms with Gasteiger partial charge in [-0.05, 0) is 31.7 Å². The Hall–Kier alpha value is -0.120. The van der Waals surface area contributed by atoms with Gasteiger partial charge in [0.2, 0.25) is 0 Å². The predicted molar refractivity (Wildman–Crippen MR) is 73.4 cm³/mol. The molecule has 3 heteroatoms. The van der Waals surface area contributed by atoms with E-state index in [-0.39, 0.29) is 0 Å². The third kappa shape index (κ3) is 5.84. The first-order chi connectivity index (χ1) is 8.27. The lowest BCUT2D eigenvalue weighted by Crippen LogP contribution is -2.53. The molecule has 1 fully saturated rings. The van der Waals surface area contributed by atoms with Crippen LogP contribution in [0, 0.1) is 5.92 Å². The minimum atomic E-state index is 0.702. The van der Waals surface area contributed by atoms with Crippen LogP contribution in [0.1, 0.15) is 39.5 Å². The summed E-state index contributed by atoms with van der Waals surface area (Å²) in [7, 11) is 1.78. The predicted octanol–water partition coefficient (Wildman–Crippen LogP) is 2.12. The van der Waals surface area contributed by atoms with Crippen molar-refractivity contribution in [1.82, 2.24) is 10.2 Å². The monoisotopic (exact) mass is 242 g/mol. The van der Waals surface area contributed by atoms with Crippen LogP contribution in [-0.2, 0) is 4.74 Å². The second kappa shape index (κ2) is 8.90. The largest absolute Gasteiger partial charge is 0.385 e. The highest BCUT2D eigenvalue weighted by Gasteiger charge is 2.22. The molecule has 0 amide bonds. The van der Waals surface area contributed by atoms with Gasteiger partial charge in [0.15, 0.2) is 0 Å². The molecule has 1 N–H and O–H groups in total. The molecule has 2 unspecified atom stereocenters. The van der Waals surface area contributed by atoms with Crippen LogP contribution in [-0.4, -0.2) is 50.8 Å². The second-order valence-corrected chi connectivity index (χ2v) is 5.30. The lowest BCUT2D eigenvalue weighted by atomic mass is 9.97. The maximum Gasteiger partial charge on any atom is 0.0462 e. The zero-order valence-corrected chi connectivity index (χ0v) is 11.9. The summed E-state index contributed by atoms with van der Waals surface area (Å²) in [6, 6.07) is 0.702. The van der Waals surface area contributed by atoms with Gasteiger partial charge in [-0.25, -0.2) is 0 Å². The summed E-state index contributed by atoms with van der Waals surface area (Å²) in [4.78, 5) is 2.63. The third-order valence-electron chi connectivity index (χ3n) is 3.94. The lowest BCUT2D eigenvalue weighted by Gasteiger charge is -2.36. The molecule has 102 valence electrons. The van der Waals surface area contributed by atoms with E-state index >= 15 is 0 Å². The molecule has 0 radical (unpaired) electrons. The summed E-state index contributed by atoms with van der Waals surface area (Å²) >= 11 is 0. The molecular weight excluding hydrogens is 212 g/mol. The Morgan fingerprint density at radius 1 is 1.35 bits per heavy atom. The maximum absolute atomic E-state index is 5.07. The average Bonchev–Trinajstić information content (AvgIpc) is 2.38. The molecule has 0 aromatic rings. The Labute approximate surface area is 107 Å². The highest BCUT2D eigenvalue weighted by Crippen LogP contribution is 2.12. The van der Waals surface area contributed by atoms with Gasteiger partial charge in [0.1, 0.15) is 0 Å². The molecule has 0 saturated carbocycles. The molecule has 0 aromatic heterocycles. The molecule has 0 spiro atoms. The van der Waals surface area contributed by atoms with Crippen LogP contribution in [0.25, 0.3) is 0 Å². The van der Waals surface area contributed by atoms with E-state index in [1.165, 1.54) is 45.3 Å². The van der Waals surface area contributed by atoms with Gasteiger partial charge in [-0.1, -0.05) is 20.3 Å². The van der Waals surface area contributed by atoms with E-state index in [2.05, 4.69) is 24.1 Å². The number of hydrogen-bond donors (Lipinski definition) is 1. The van der Waals surface area contributed by atoms with Crippen LogP contribution < -0.4 is 5.32 Å². The van der Waals surface area contributed by atoms with E-state index in [1.54, 1.807) is 7.11 Å². The highest BCUT2D eigenvalue weighted by atomic mass is 16.5. The maximum atomic E-state index is 5.07. The molecule has 0 aromatic carbocycles. The normalized spacial score (nSPS) is 23.8. The highest BCUT2D eigenvalue weighted by molar-refractivity contribution is 4.81. The summed E-state index contributed by atoms with van der Waals surface area (Å²) in [5.41, 5.74) is 0. The van der Waals surface area contributed by atoms with Crippen molar-refractivity contribution >= 4 is 0 Å². The SMILES string of the molecule is CCC(C)C1CN(CCCCCOC)CCN1. The first-order valence-corrected chi connectivity index (χ1v) is 7.22. The van der Waals surface area contributed by atoms with Crippen LogP contribution >= 0.6 is 0 Å². The van der Waals surface area contributed by atoms with Crippen LogP contribution in [0.2, 0.25) is 0 Å². The van der Waals surface area contributed by atoms with Gasteiger partial charge >= 0.3 is 0 Å². The van der Waals surface area contributed by atoms with E-state index in [9.17, 15) is 0 Å². The summed E-state index contributed by atoms with van der Waals surface area (Å²) in [6.45, 7) is 10.4. The minimum Gasteiger partial charge on any atom is -0.385 e. The Morgan fingerprint density at radius 3 is 2.88 bits per heavy atom. The molecule has 17 heavy (non-hydrogen) atoms.